The highest BCUT2D eigenvalue weighted by Gasteiger charge is 2.19. The van der Waals surface area contributed by atoms with E-state index in [1.807, 2.05) is 54.9 Å². The highest BCUT2D eigenvalue weighted by molar-refractivity contribution is 5.75. The summed E-state index contributed by atoms with van der Waals surface area (Å²) in [4.78, 5) is 11.4. The van der Waals surface area contributed by atoms with Gasteiger partial charge in [0.1, 0.15) is 6.04 Å². The van der Waals surface area contributed by atoms with Crippen LogP contribution in [0.25, 0.3) is 0 Å². The van der Waals surface area contributed by atoms with Crippen molar-refractivity contribution >= 4 is 5.97 Å². The molecule has 1 atom stereocenters. The maximum absolute atomic E-state index is 11.4. The summed E-state index contributed by atoms with van der Waals surface area (Å²) in [6.45, 7) is 4.55. The number of hydrogen-bond donors (Lipinski definition) is 2. The molecule has 0 radical (unpaired) electrons. The number of rotatable bonds is 6. The van der Waals surface area contributed by atoms with E-state index < -0.39 is 12.0 Å². The normalized spacial score (nSPS) is 12.6. The smallest absolute Gasteiger partial charge is 0.325 e. The van der Waals surface area contributed by atoms with Gasteiger partial charge in [0.2, 0.25) is 0 Å². The summed E-state index contributed by atoms with van der Waals surface area (Å²) in [5, 5.41) is 16.7. The lowest BCUT2D eigenvalue weighted by Gasteiger charge is -2.16. The van der Waals surface area contributed by atoms with Crippen molar-refractivity contribution in [3.63, 3.8) is 0 Å². The second kappa shape index (κ2) is 6.34. The van der Waals surface area contributed by atoms with Gasteiger partial charge in [-0.25, -0.2) is 0 Å². The molecular formula is C15H19N3O2. The Kier molecular flexibility index (Phi) is 4.53. The first-order chi connectivity index (χ1) is 9.59. The van der Waals surface area contributed by atoms with Crippen LogP contribution < -0.4 is 5.32 Å². The van der Waals surface area contributed by atoms with E-state index in [0.29, 0.717) is 6.54 Å². The van der Waals surface area contributed by atoms with Gasteiger partial charge in [-0.15, -0.1) is 0 Å². The van der Waals surface area contributed by atoms with E-state index in [4.69, 9.17) is 0 Å². The summed E-state index contributed by atoms with van der Waals surface area (Å²) in [5.41, 5.74) is 1.72. The first kappa shape index (κ1) is 14.3. The quantitative estimate of drug-likeness (QED) is 0.848. The average molecular weight is 273 g/mol. The Labute approximate surface area is 118 Å². The fourth-order valence-electron chi connectivity index (χ4n) is 2.15. The van der Waals surface area contributed by atoms with Gasteiger partial charge >= 0.3 is 5.97 Å². The van der Waals surface area contributed by atoms with Crippen molar-refractivity contribution < 1.29 is 9.90 Å². The van der Waals surface area contributed by atoms with Gasteiger partial charge in [0.15, 0.2) is 0 Å². The van der Waals surface area contributed by atoms with Crippen LogP contribution in [0.4, 0.5) is 0 Å². The summed E-state index contributed by atoms with van der Waals surface area (Å²) < 4.78 is 1.89. The summed E-state index contributed by atoms with van der Waals surface area (Å²) in [6, 6.07) is 10.6. The monoisotopic (exact) mass is 273 g/mol. The van der Waals surface area contributed by atoms with Crippen LogP contribution in [0.2, 0.25) is 0 Å². The Balaban J connectivity index is 2.10. The third-order valence-corrected chi connectivity index (χ3v) is 3.11. The van der Waals surface area contributed by atoms with Crippen molar-refractivity contribution in [2.75, 3.05) is 0 Å². The van der Waals surface area contributed by atoms with Crippen LogP contribution in [0, 0.1) is 0 Å². The number of benzene rings is 1. The minimum absolute atomic E-state index is 0.252. The molecule has 0 aliphatic heterocycles. The van der Waals surface area contributed by atoms with Crippen LogP contribution >= 0.6 is 0 Å². The van der Waals surface area contributed by atoms with E-state index in [9.17, 15) is 9.90 Å². The molecule has 106 valence electrons. The Morgan fingerprint density at radius 1 is 1.30 bits per heavy atom. The van der Waals surface area contributed by atoms with Gasteiger partial charge in [-0.1, -0.05) is 30.3 Å². The predicted molar refractivity (Wildman–Crippen MR) is 76.3 cm³/mol. The zero-order valence-electron chi connectivity index (χ0n) is 11.7. The molecule has 0 saturated carbocycles. The molecule has 2 aromatic rings. The van der Waals surface area contributed by atoms with Gasteiger partial charge in [-0.3, -0.25) is 14.8 Å². The third kappa shape index (κ3) is 3.24. The number of carboxylic acids is 1. The van der Waals surface area contributed by atoms with E-state index in [1.165, 1.54) is 0 Å². The zero-order valence-corrected chi connectivity index (χ0v) is 11.7. The Hall–Kier alpha value is -2.14. The van der Waals surface area contributed by atoms with Gasteiger partial charge in [0, 0.05) is 18.8 Å². The number of carbonyl (C=O) groups is 1. The number of hydrogen-bond acceptors (Lipinski definition) is 3. The molecule has 0 amide bonds. The number of aromatic nitrogens is 2. The molecule has 0 saturated heterocycles. The molecule has 2 N–H and O–H groups in total. The number of aliphatic carboxylic acids is 1. The molecule has 0 fully saturated rings. The summed E-state index contributed by atoms with van der Waals surface area (Å²) in [5.74, 6) is -0.883. The number of nitrogens with zero attached hydrogens (tertiary/aromatic N) is 2. The summed E-state index contributed by atoms with van der Waals surface area (Å²) >= 11 is 0. The molecule has 1 aromatic carbocycles. The fourth-order valence-corrected chi connectivity index (χ4v) is 2.15. The van der Waals surface area contributed by atoms with Crippen molar-refractivity contribution in [1.29, 1.82) is 0 Å². The van der Waals surface area contributed by atoms with E-state index in [-0.39, 0.29) is 6.04 Å². The van der Waals surface area contributed by atoms with Gasteiger partial charge in [0.05, 0.1) is 5.69 Å². The standard InChI is InChI=1S/C15H19N3O2/c1-11(2)18-13(8-9-17-18)10-16-14(15(19)20)12-6-4-3-5-7-12/h3-9,11,14,16H,10H2,1-2H3,(H,19,20)/t14-/m1/s1. The SMILES string of the molecule is CC(C)n1nccc1CN[C@@H](C(=O)O)c1ccccc1. The summed E-state index contributed by atoms with van der Waals surface area (Å²) in [7, 11) is 0. The molecule has 0 unspecified atom stereocenters. The average Bonchev–Trinajstić information content (AvgIpc) is 2.88. The maximum atomic E-state index is 11.4. The Morgan fingerprint density at radius 3 is 2.60 bits per heavy atom. The van der Waals surface area contributed by atoms with Crippen molar-refractivity contribution in [1.82, 2.24) is 15.1 Å². The van der Waals surface area contributed by atoms with Gasteiger partial charge in [-0.05, 0) is 25.5 Å². The van der Waals surface area contributed by atoms with Crippen molar-refractivity contribution in [3.8, 4) is 0 Å². The maximum Gasteiger partial charge on any atom is 0.325 e. The topological polar surface area (TPSA) is 67.2 Å². The Bertz CT molecular complexity index is 564. The Morgan fingerprint density at radius 2 is 2.00 bits per heavy atom. The van der Waals surface area contributed by atoms with Crippen molar-refractivity contribution in [2.45, 2.75) is 32.5 Å². The van der Waals surface area contributed by atoms with E-state index in [1.54, 1.807) is 6.20 Å². The van der Waals surface area contributed by atoms with E-state index in [0.717, 1.165) is 11.3 Å². The third-order valence-electron chi connectivity index (χ3n) is 3.11. The van der Waals surface area contributed by atoms with Crippen LogP contribution in [-0.2, 0) is 11.3 Å². The number of nitrogens with one attached hydrogen (secondary N) is 1. The second-order valence-electron chi connectivity index (χ2n) is 4.92. The molecule has 1 heterocycles. The molecule has 0 bridgehead atoms. The molecule has 5 heteroatoms. The first-order valence-corrected chi connectivity index (χ1v) is 6.63. The van der Waals surface area contributed by atoms with E-state index >= 15 is 0 Å². The minimum Gasteiger partial charge on any atom is -0.480 e. The second-order valence-corrected chi connectivity index (χ2v) is 4.92. The molecule has 0 spiro atoms. The fraction of sp³-hybridized carbons (Fsp3) is 0.333. The van der Waals surface area contributed by atoms with Gasteiger partial charge < -0.3 is 5.11 Å². The highest BCUT2D eigenvalue weighted by Crippen LogP contribution is 2.14. The molecule has 0 aliphatic carbocycles. The molecule has 1 aromatic heterocycles. The lowest BCUT2D eigenvalue weighted by molar-refractivity contribution is -0.139. The van der Waals surface area contributed by atoms with E-state index in [2.05, 4.69) is 10.4 Å². The summed E-state index contributed by atoms with van der Waals surface area (Å²) in [6.07, 6.45) is 1.73. The lowest BCUT2D eigenvalue weighted by atomic mass is 10.1. The molecule has 0 aliphatic rings. The first-order valence-electron chi connectivity index (χ1n) is 6.63. The van der Waals surface area contributed by atoms with Gasteiger partial charge in [0.25, 0.3) is 0 Å². The zero-order chi connectivity index (χ0) is 14.5. The van der Waals surface area contributed by atoms with Gasteiger partial charge in [-0.2, -0.15) is 5.10 Å². The largest absolute Gasteiger partial charge is 0.480 e. The van der Waals surface area contributed by atoms with Crippen molar-refractivity contribution in [2.24, 2.45) is 0 Å². The van der Waals surface area contributed by atoms with Crippen LogP contribution in [0.3, 0.4) is 0 Å². The van der Waals surface area contributed by atoms with Crippen molar-refractivity contribution in [3.05, 3.63) is 53.9 Å². The molecule has 5 nitrogen and oxygen atoms in total. The molecular weight excluding hydrogens is 254 g/mol. The van der Waals surface area contributed by atoms with Crippen LogP contribution in [-0.4, -0.2) is 20.9 Å². The lowest BCUT2D eigenvalue weighted by Crippen LogP contribution is -2.29. The highest BCUT2D eigenvalue weighted by atomic mass is 16.4. The minimum atomic E-state index is -0.883. The number of carboxylic acid groups (broad SMARTS) is 1. The van der Waals surface area contributed by atoms with Crippen LogP contribution in [0.15, 0.2) is 42.6 Å². The van der Waals surface area contributed by atoms with Crippen LogP contribution in [0.5, 0.6) is 0 Å². The predicted octanol–water partition coefficient (Wildman–Crippen LogP) is 2.38. The molecule has 2 rings (SSSR count). The molecule has 20 heavy (non-hydrogen) atoms. The van der Waals surface area contributed by atoms with Crippen LogP contribution in [0.1, 0.15) is 37.2 Å².